The third kappa shape index (κ3) is 5.32. The standard InChI is InChI=1S/C23H25BrO5/c1-26-18-7-9-20-19(14-18)23(25)17(15-29-20)12-16-6-8-21(22(13-16)27-2)28-11-5-3-4-10-24/h6-9,12-14H,3-5,10-11,15H2,1-2H3. The molecule has 29 heavy (non-hydrogen) atoms. The summed E-state index contributed by atoms with van der Waals surface area (Å²) in [5.41, 5.74) is 1.94. The van der Waals surface area contributed by atoms with Crippen molar-refractivity contribution in [2.45, 2.75) is 19.3 Å². The molecule has 2 aromatic carbocycles. The van der Waals surface area contributed by atoms with E-state index in [2.05, 4.69) is 15.9 Å². The third-order valence-corrected chi connectivity index (χ3v) is 5.23. The van der Waals surface area contributed by atoms with Gasteiger partial charge in [0.05, 0.1) is 26.4 Å². The van der Waals surface area contributed by atoms with Crippen molar-refractivity contribution in [1.29, 1.82) is 0 Å². The number of Topliss-reactive ketones (excluding diaryl/α,β-unsaturated/α-hetero) is 1. The van der Waals surface area contributed by atoms with Crippen molar-refractivity contribution in [2.75, 3.05) is 32.8 Å². The van der Waals surface area contributed by atoms with Gasteiger partial charge >= 0.3 is 0 Å². The van der Waals surface area contributed by atoms with Crippen LogP contribution in [0.1, 0.15) is 35.2 Å². The highest BCUT2D eigenvalue weighted by Crippen LogP contribution is 2.33. The van der Waals surface area contributed by atoms with E-state index in [0.717, 1.165) is 30.2 Å². The molecule has 0 fully saturated rings. The first-order chi connectivity index (χ1) is 14.2. The van der Waals surface area contributed by atoms with E-state index in [-0.39, 0.29) is 12.4 Å². The summed E-state index contributed by atoms with van der Waals surface area (Å²) in [5.74, 6) is 2.49. The normalized spacial score (nSPS) is 14.3. The molecule has 0 bridgehead atoms. The maximum absolute atomic E-state index is 12.9. The average molecular weight is 461 g/mol. The number of hydrogen-bond acceptors (Lipinski definition) is 5. The molecule has 6 heteroatoms. The summed E-state index contributed by atoms with van der Waals surface area (Å²) in [4.78, 5) is 12.9. The molecule has 0 spiro atoms. The van der Waals surface area contributed by atoms with E-state index >= 15 is 0 Å². The number of fused-ring (bicyclic) bond motifs is 1. The number of halogens is 1. The third-order valence-electron chi connectivity index (χ3n) is 4.67. The van der Waals surface area contributed by atoms with E-state index in [0.29, 0.717) is 40.7 Å². The van der Waals surface area contributed by atoms with E-state index in [1.165, 1.54) is 0 Å². The fourth-order valence-electron chi connectivity index (χ4n) is 3.09. The first kappa shape index (κ1) is 21.2. The second-order valence-corrected chi connectivity index (χ2v) is 7.45. The molecule has 2 aromatic rings. The number of carbonyl (C=O) groups is 1. The minimum Gasteiger partial charge on any atom is -0.497 e. The lowest BCUT2D eigenvalue weighted by Crippen LogP contribution is -2.19. The molecule has 3 rings (SSSR count). The van der Waals surface area contributed by atoms with Gasteiger partial charge in [-0.2, -0.15) is 0 Å². The number of benzene rings is 2. The van der Waals surface area contributed by atoms with Crippen molar-refractivity contribution in [1.82, 2.24) is 0 Å². The summed E-state index contributed by atoms with van der Waals surface area (Å²) in [6.45, 7) is 0.876. The molecular formula is C23H25BrO5. The zero-order valence-electron chi connectivity index (χ0n) is 16.7. The number of methoxy groups -OCH3 is 2. The summed E-state index contributed by atoms with van der Waals surface area (Å²) in [6.07, 6.45) is 5.08. The number of ketones is 1. The van der Waals surface area contributed by atoms with Crippen LogP contribution in [0.5, 0.6) is 23.0 Å². The minimum absolute atomic E-state index is 0.0590. The molecule has 0 atom stereocenters. The van der Waals surface area contributed by atoms with Crippen molar-refractivity contribution in [3.05, 3.63) is 53.1 Å². The van der Waals surface area contributed by atoms with Gasteiger partial charge in [-0.3, -0.25) is 4.79 Å². The Balaban J connectivity index is 1.75. The molecule has 0 N–H and O–H groups in total. The largest absolute Gasteiger partial charge is 0.497 e. The monoisotopic (exact) mass is 460 g/mol. The lowest BCUT2D eigenvalue weighted by Gasteiger charge is -2.19. The van der Waals surface area contributed by atoms with E-state index in [4.69, 9.17) is 18.9 Å². The van der Waals surface area contributed by atoms with Gasteiger partial charge in [-0.1, -0.05) is 22.0 Å². The minimum atomic E-state index is -0.0590. The van der Waals surface area contributed by atoms with E-state index in [9.17, 15) is 4.79 Å². The fraction of sp³-hybridized carbons (Fsp3) is 0.348. The summed E-state index contributed by atoms with van der Waals surface area (Å²) in [6, 6.07) is 10.9. The molecule has 1 aliphatic rings. The molecule has 154 valence electrons. The van der Waals surface area contributed by atoms with Gasteiger partial charge in [0, 0.05) is 10.9 Å². The van der Waals surface area contributed by atoms with Gasteiger partial charge in [0.2, 0.25) is 0 Å². The molecule has 0 saturated carbocycles. The van der Waals surface area contributed by atoms with E-state index in [1.54, 1.807) is 32.4 Å². The predicted molar refractivity (Wildman–Crippen MR) is 117 cm³/mol. The molecule has 0 aliphatic carbocycles. The van der Waals surface area contributed by atoms with Gasteiger partial charge in [0.1, 0.15) is 18.1 Å². The van der Waals surface area contributed by atoms with Crippen LogP contribution < -0.4 is 18.9 Å². The highest BCUT2D eigenvalue weighted by Gasteiger charge is 2.24. The maximum Gasteiger partial charge on any atom is 0.196 e. The quantitative estimate of drug-likeness (QED) is 0.288. The molecule has 0 unspecified atom stereocenters. The van der Waals surface area contributed by atoms with E-state index in [1.807, 2.05) is 24.3 Å². The summed E-state index contributed by atoms with van der Waals surface area (Å²) in [7, 11) is 3.19. The fourth-order valence-corrected chi connectivity index (χ4v) is 3.49. The number of unbranched alkanes of at least 4 members (excludes halogenated alkanes) is 2. The molecule has 0 aromatic heterocycles. The zero-order chi connectivity index (χ0) is 20.6. The first-order valence-electron chi connectivity index (χ1n) is 9.59. The Bertz CT molecular complexity index is 891. The number of hydrogen-bond donors (Lipinski definition) is 0. The van der Waals surface area contributed by atoms with Crippen LogP contribution in [0.3, 0.4) is 0 Å². The SMILES string of the molecule is COc1ccc2c(c1)C(=O)C(=Cc1ccc(OCCCCCBr)c(OC)c1)CO2. The Morgan fingerprint density at radius 1 is 1.03 bits per heavy atom. The van der Waals surface area contributed by atoms with E-state index < -0.39 is 0 Å². The van der Waals surface area contributed by atoms with Crippen LogP contribution in [-0.4, -0.2) is 38.5 Å². The number of alkyl halides is 1. The average Bonchev–Trinajstić information content (AvgIpc) is 2.76. The van der Waals surface area contributed by atoms with Crippen LogP contribution >= 0.6 is 15.9 Å². The van der Waals surface area contributed by atoms with Gasteiger partial charge in [0.15, 0.2) is 17.3 Å². The number of ether oxygens (including phenoxy) is 4. The number of rotatable bonds is 9. The summed E-state index contributed by atoms with van der Waals surface area (Å²) in [5, 5.41) is 1.01. The van der Waals surface area contributed by atoms with Gasteiger partial charge < -0.3 is 18.9 Å². The highest BCUT2D eigenvalue weighted by atomic mass is 79.9. The maximum atomic E-state index is 12.9. The van der Waals surface area contributed by atoms with Crippen LogP contribution in [0.4, 0.5) is 0 Å². The van der Waals surface area contributed by atoms with Gasteiger partial charge in [0.25, 0.3) is 0 Å². The molecule has 1 aliphatic heterocycles. The van der Waals surface area contributed by atoms with Crippen molar-refractivity contribution in [2.24, 2.45) is 0 Å². The van der Waals surface area contributed by atoms with Crippen molar-refractivity contribution >= 4 is 27.8 Å². The molecular weight excluding hydrogens is 436 g/mol. The number of carbonyl (C=O) groups excluding carboxylic acids is 1. The molecule has 5 nitrogen and oxygen atoms in total. The second-order valence-electron chi connectivity index (χ2n) is 6.66. The van der Waals surface area contributed by atoms with Crippen LogP contribution in [0.2, 0.25) is 0 Å². The van der Waals surface area contributed by atoms with Crippen LogP contribution in [0.15, 0.2) is 42.0 Å². The molecule has 0 saturated heterocycles. The van der Waals surface area contributed by atoms with Crippen molar-refractivity contribution in [3.8, 4) is 23.0 Å². The Morgan fingerprint density at radius 3 is 2.66 bits per heavy atom. The molecule has 0 radical (unpaired) electrons. The summed E-state index contributed by atoms with van der Waals surface area (Å²) >= 11 is 3.43. The predicted octanol–water partition coefficient (Wildman–Crippen LogP) is 5.31. The zero-order valence-corrected chi connectivity index (χ0v) is 18.3. The Kier molecular flexibility index (Phi) is 7.58. The van der Waals surface area contributed by atoms with Crippen LogP contribution in [-0.2, 0) is 0 Å². The van der Waals surface area contributed by atoms with Crippen LogP contribution in [0, 0.1) is 0 Å². The Hall–Kier alpha value is -2.47. The van der Waals surface area contributed by atoms with Crippen LogP contribution in [0.25, 0.3) is 6.08 Å². The smallest absolute Gasteiger partial charge is 0.196 e. The van der Waals surface area contributed by atoms with Gasteiger partial charge in [-0.25, -0.2) is 0 Å². The lowest BCUT2D eigenvalue weighted by molar-refractivity contribution is 0.100. The Morgan fingerprint density at radius 2 is 1.90 bits per heavy atom. The molecule has 1 heterocycles. The lowest BCUT2D eigenvalue weighted by atomic mass is 9.98. The van der Waals surface area contributed by atoms with Gasteiger partial charge in [-0.15, -0.1) is 0 Å². The van der Waals surface area contributed by atoms with Crippen molar-refractivity contribution in [3.63, 3.8) is 0 Å². The Labute approximate surface area is 179 Å². The molecule has 0 amide bonds. The van der Waals surface area contributed by atoms with Gasteiger partial charge in [-0.05, 0) is 61.2 Å². The highest BCUT2D eigenvalue weighted by molar-refractivity contribution is 9.09. The first-order valence-corrected chi connectivity index (χ1v) is 10.7. The van der Waals surface area contributed by atoms with Crippen molar-refractivity contribution < 1.29 is 23.7 Å². The summed E-state index contributed by atoms with van der Waals surface area (Å²) < 4.78 is 22.3. The second kappa shape index (κ2) is 10.3. The topological polar surface area (TPSA) is 54.0 Å².